The lowest BCUT2D eigenvalue weighted by atomic mass is 9.88. The maximum Gasteiger partial charge on any atom is 0.306 e. The predicted molar refractivity (Wildman–Crippen MR) is 76.2 cm³/mol. The molecule has 4 nitrogen and oxygen atoms in total. The molecule has 4 heteroatoms. The summed E-state index contributed by atoms with van der Waals surface area (Å²) in [5.41, 5.74) is 5.72. The van der Waals surface area contributed by atoms with Crippen LogP contribution in [0, 0.1) is 19.8 Å². The van der Waals surface area contributed by atoms with Crippen LogP contribution in [-0.2, 0) is 17.6 Å². The van der Waals surface area contributed by atoms with Crippen LogP contribution in [-0.4, -0.2) is 20.9 Å². The van der Waals surface area contributed by atoms with Gasteiger partial charge in [0.25, 0.3) is 0 Å². The standard InChI is InChI=1S/C16H18N2O2/c1-10-5-11(2)7-14(6-10)18-15-4-3-12(16(19)20)8-13(15)9-17-18/h5-7,9,12H,3-4,8H2,1-2H3,(H,19,20). The van der Waals surface area contributed by atoms with Gasteiger partial charge < -0.3 is 5.11 Å². The van der Waals surface area contributed by atoms with Crippen molar-refractivity contribution in [3.63, 3.8) is 0 Å². The zero-order valence-electron chi connectivity index (χ0n) is 11.8. The van der Waals surface area contributed by atoms with Gasteiger partial charge in [0.1, 0.15) is 0 Å². The van der Waals surface area contributed by atoms with Crippen LogP contribution in [0.3, 0.4) is 0 Å². The topological polar surface area (TPSA) is 55.1 Å². The van der Waals surface area contributed by atoms with Crippen LogP contribution in [0.1, 0.15) is 28.8 Å². The summed E-state index contributed by atoms with van der Waals surface area (Å²) in [4.78, 5) is 11.1. The van der Waals surface area contributed by atoms with Crippen LogP contribution in [0.5, 0.6) is 0 Å². The Hall–Kier alpha value is -2.10. The minimum absolute atomic E-state index is 0.264. The Morgan fingerprint density at radius 2 is 2.00 bits per heavy atom. The third kappa shape index (κ3) is 2.22. The van der Waals surface area contributed by atoms with E-state index in [2.05, 4.69) is 37.1 Å². The van der Waals surface area contributed by atoms with E-state index >= 15 is 0 Å². The fourth-order valence-electron chi connectivity index (χ4n) is 3.03. The highest BCUT2D eigenvalue weighted by Gasteiger charge is 2.27. The Labute approximate surface area is 118 Å². The van der Waals surface area contributed by atoms with E-state index in [1.807, 2.05) is 10.9 Å². The summed E-state index contributed by atoms with van der Waals surface area (Å²) in [6, 6.07) is 6.37. The summed E-state index contributed by atoms with van der Waals surface area (Å²) >= 11 is 0. The molecule has 1 N–H and O–H groups in total. The molecule has 1 unspecified atom stereocenters. The molecule has 1 heterocycles. The molecule has 0 fully saturated rings. The smallest absolute Gasteiger partial charge is 0.306 e. The summed E-state index contributed by atoms with van der Waals surface area (Å²) in [6.07, 6.45) is 3.88. The van der Waals surface area contributed by atoms with Gasteiger partial charge >= 0.3 is 5.97 Å². The number of hydrogen-bond donors (Lipinski definition) is 1. The third-order valence-electron chi connectivity index (χ3n) is 3.95. The van der Waals surface area contributed by atoms with Crippen molar-refractivity contribution in [3.05, 3.63) is 46.8 Å². The summed E-state index contributed by atoms with van der Waals surface area (Å²) < 4.78 is 1.97. The first kappa shape index (κ1) is 12.9. The number of aryl methyl sites for hydroxylation is 2. The van der Waals surface area contributed by atoms with Gasteiger partial charge in [-0.05, 0) is 61.9 Å². The van der Waals surface area contributed by atoms with E-state index in [9.17, 15) is 4.79 Å². The first-order chi connectivity index (χ1) is 9.54. The van der Waals surface area contributed by atoms with Gasteiger partial charge in [0.05, 0.1) is 17.8 Å². The highest BCUT2D eigenvalue weighted by molar-refractivity contribution is 5.71. The Morgan fingerprint density at radius 3 is 2.65 bits per heavy atom. The fourth-order valence-corrected chi connectivity index (χ4v) is 3.03. The van der Waals surface area contributed by atoms with Crippen molar-refractivity contribution < 1.29 is 9.90 Å². The molecule has 1 aromatic carbocycles. The molecular formula is C16H18N2O2. The van der Waals surface area contributed by atoms with Crippen molar-refractivity contribution in [3.8, 4) is 5.69 Å². The SMILES string of the molecule is Cc1cc(C)cc(-n2ncc3c2CCC(C(=O)O)C3)c1. The normalized spacial score (nSPS) is 17.8. The summed E-state index contributed by atoms with van der Waals surface area (Å²) in [6.45, 7) is 4.15. The quantitative estimate of drug-likeness (QED) is 0.912. The second-order valence-corrected chi connectivity index (χ2v) is 5.65. The van der Waals surface area contributed by atoms with Gasteiger partial charge in [-0.1, -0.05) is 6.07 Å². The highest BCUT2D eigenvalue weighted by Crippen LogP contribution is 2.28. The number of hydrogen-bond acceptors (Lipinski definition) is 2. The number of aromatic nitrogens is 2. The van der Waals surface area contributed by atoms with Crippen molar-refractivity contribution in [2.45, 2.75) is 33.1 Å². The minimum atomic E-state index is -0.699. The molecule has 0 bridgehead atoms. The number of fused-ring (bicyclic) bond motifs is 1. The molecule has 0 radical (unpaired) electrons. The highest BCUT2D eigenvalue weighted by atomic mass is 16.4. The Morgan fingerprint density at radius 1 is 1.30 bits per heavy atom. The number of nitrogens with zero attached hydrogens (tertiary/aromatic N) is 2. The van der Waals surface area contributed by atoms with Crippen LogP contribution in [0.2, 0.25) is 0 Å². The first-order valence-corrected chi connectivity index (χ1v) is 6.92. The van der Waals surface area contributed by atoms with E-state index < -0.39 is 5.97 Å². The van der Waals surface area contributed by atoms with Gasteiger partial charge in [-0.25, -0.2) is 4.68 Å². The first-order valence-electron chi connectivity index (χ1n) is 6.92. The molecular weight excluding hydrogens is 252 g/mol. The molecule has 20 heavy (non-hydrogen) atoms. The largest absolute Gasteiger partial charge is 0.481 e. The van der Waals surface area contributed by atoms with Gasteiger partial charge in [0.15, 0.2) is 0 Å². The van der Waals surface area contributed by atoms with E-state index in [0.29, 0.717) is 12.8 Å². The number of rotatable bonds is 2. The third-order valence-corrected chi connectivity index (χ3v) is 3.95. The predicted octanol–water partition coefficient (Wildman–Crippen LogP) is 2.68. The molecule has 0 amide bonds. The zero-order chi connectivity index (χ0) is 14.3. The lowest BCUT2D eigenvalue weighted by Gasteiger charge is -2.19. The van der Waals surface area contributed by atoms with E-state index in [1.165, 1.54) is 11.1 Å². The number of carboxylic acid groups (broad SMARTS) is 1. The van der Waals surface area contributed by atoms with E-state index in [0.717, 1.165) is 23.4 Å². The maximum absolute atomic E-state index is 11.1. The molecule has 1 aromatic heterocycles. The average molecular weight is 270 g/mol. The van der Waals surface area contributed by atoms with Crippen LogP contribution in [0.25, 0.3) is 5.69 Å². The molecule has 1 atom stereocenters. The van der Waals surface area contributed by atoms with Crippen molar-refractivity contribution >= 4 is 5.97 Å². The zero-order valence-corrected chi connectivity index (χ0v) is 11.8. The maximum atomic E-state index is 11.1. The molecule has 1 aliphatic rings. The molecule has 104 valence electrons. The average Bonchev–Trinajstić information content (AvgIpc) is 2.80. The molecule has 2 aromatic rings. The van der Waals surface area contributed by atoms with Crippen LogP contribution >= 0.6 is 0 Å². The van der Waals surface area contributed by atoms with Crippen molar-refractivity contribution in [2.24, 2.45) is 5.92 Å². The lowest BCUT2D eigenvalue weighted by molar-refractivity contribution is -0.142. The molecule has 3 rings (SSSR count). The molecule has 0 aliphatic heterocycles. The Balaban J connectivity index is 2.00. The molecule has 0 spiro atoms. The van der Waals surface area contributed by atoms with Gasteiger partial charge in [0.2, 0.25) is 0 Å². The lowest BCUT2D eigenvalue weighted by Crippen LogP contribution is -2.22. The monoisotopic (exact) mass is 270 g/mol. The van der Waals surface area contributed by atoms with Gasteiger partial charge in [0, 0.05) is 5.69 Å². The second-order valence-electron chi connectivity index (χ2n) is 5.65. The summed E-state index contributed by atoms with van der Waals surface area (Å²) in [5, 5.41) is 13.6. The Kier molecular flexibility index (Phi) is 3.08. The number of carbonyl (C=O) groups is 1. The van der Waals surface area contributed by atoms with Gasteiger partial charge in [-0.2, -0.15) is 5.10 Å². The number of carboxylic acids is 1. The van der Waals surface area contributed by atoms with E-state index in [-0.39, 0.29) is 5.92 Å². The fraction of sp³-hybridized carbons (Fsp3) is 0.375. The number of benzene rings is 1. The summed E-state index contributed by atoms with van der Waals surface area (Å²) in [7, 11) is 0. The van der Waals surface area contributed by atoms with Crippen molar-refractivity contribution in [1.82, 2.24) is 9.78 Å². The van der Waals surface area contributed by atoms with Crippen molar-refractivity contribution in [1.29, 1.82) is 0 Å². The van der Waals surface area contributed by atoms with Crippen LogP contribution in [0.15, 0.2) is 24.4 Å². The van der Waals surface area contributed by atoms with Gasteiger partial charge in [-0.3, -0.25) is 4.79 Å². The second kappa shape index (κ2) is 4.78. The molecule has 1 aliphatic carbocycles. The summed E-state index contributed by atoms with van der Waals surface area (Å²) in [5.74, 6) is -0.964. The van der Waals surface area contributed by atoms with E-state index in [4.69, 9.17) is 5.11 Å². The van der Waals surface area contributed by atoms with E-state index in [1.54, 1.807) is 0 Å². The molecule has 0 saturated carbocycles. The van der Waals surface area contributed by atoms with Gasteiger partial charge in [-0.15, -0.1) is 0 Å². The number of aliphatic carboxylic acids is 1. The molecule has 0 saturated heterocycles. The van der Waals surface area contributed by atoms with Crippen LogP contribution in [0.4, 0.5) is 0 Å². The van der Waals surface area contributed by atoms with Crippen LogP contribution < -0.4 is 0 Å². The minimum Gasteiger partial charge on any atom is -0.481 e. The van der Waals surface area contributed by atoms with Crippen molar-refractivity contribution in [2.75, 3.05) is 0 Å². The Bertz CT molecular complexity index is 653.